The minimum atomic E-state index is -1.21. The van der Waals surface area contributed by atoms with Crippen molar-refractivity contribution in [3.05, 3.63) is 33.8 Å². The van der Waals surface area contributed by atoms with Crippen molar-refractivity contribution < 1.29 is 19.5 Å². The Bertz CT molecular complexity index is 514. The Hall–Kier alpha value is -1.89. The Balaban J connectivity index is 3.07. The average molecular weight is 329 g/mol. The minimum Gasteiger partial charge on any atom is -0.480 e. The summed E-state index contributed by atoms with van der Waals surface area (Å²) in [4.78, 5) is 34.7. The normalized spacial score (nSPS) is 10.0. The molecule has 102 valence electrons. The fraction of sp³-hybridized carbons (Fsp3) is 0.250. The molecule has 0 unspecified atom stereocenters. The fourth-order valence-electron chi connectivity index (χ4n) is 1.53. The molecule has 19 heavy (non-hydrogen) atoms. The van der Waals surface area contributed by atoms with Gasteiger partial charge in [0.2, 0.25) is 5.91 Å². The van der Waals surface area contributed by atoms with Crippen LogP contribution in [0.5, 0.6) is 0 Å². The van der Waals surface area contributed by atoms with Crippen molar-refractivity contribution in [3.8, 4) is 0 Å². The summed E-state index contributed by atoms with van der Waals surface area (Å²) in [6.45, 7) is 0.782. The van der Waals surface area contributed by atoms with E-state index in [1.54, 1.807) is 25.1 Å². The molecule has 0 saturated heterocycles. The molecular formula is C12H13BrN2O4. The first-order chi connectivity index (χ1) is 8.82. The highest BCUT2D eigenvalue weighted by Gasteiger charge is 2.22. The Morgan fingerprint density at radius 1 is 1.32 bits per heavy atom. The molecule has 0 radical (unpaired) electrons. The van der Waals surface area contributed by atoms with Crippen molar-refractivity contribution in [3.63, 3.8) is 0 Å². The quantitative estimate of drug-likeness (QED) is 0.833. The molecule has 0 aromatic heterocycles. The standard InChI is InChI=1S/C12H13BrN2O4/c1-7-3-2-4-8(11(7)13)12(19)15(5-9(14)16)6-10(17)18/h2-4H,5-6H2,1H3,(H2,14,16)(H,17,18). The van der Waals surface area contributed by atoms with Gasteiger partial charge in [-0.2, -0.15) is 0 Å². The van der Waals surface area contributed by atoms with Gasteiger partial charge in [0, 0.05) is 4.47 Å². The smallest absolute Gasteiger partial charge is 0.323 e. The zero-order valence-electron chi connectivity index (χ0n) is 10.2. The molecule has 0 aliphatic rings. The summed E-state index contributed by atoms with van der Waals surface area (Å²) in [7, 11) is 0. The van der Waals surface area contributed by atoms with Gasteiger partial charge in [-0.1, -0.05) is 12.1 Å². The maximum absolute atomic E-state index is 12.2. The van der Waals surface area contributed by atoms with E-state index < -0.39 is 30.9 Å². The lowest BCUT2D eigenvalue weighted by Crippen LogP contribution is -2.41. The first kappa shape index (κ1) is 15.2. The number of benzene rings is 1. The van der Waals surface area contributed by atoms with Gasteiger partial charge in [-0.05, 0) is 34.5 Å². The number of nitrogens with two attached hydrogens (primary N) is 1. The number of carbonyl (C=O) groups is 3. The molecule has 3 N–H and O–H groups in total. The first-order valence-corrected chi connectivity index (χ1v) is 6.16. The predicted molar refractivity (Wildman–Crippen MR) is 71.6 cm³/mol. The number of carboxylic acids is 1. The lowest BCUT2D eigenvalue weighted by molar-refractivity contribution is -0.138. The van der Waals surface area contributed by atoms with Crippen molar-refractivity contribution in [1.29, 1.82) is 0 Å². The fourth-order valence-corrected chi connectivity index (χ4v) is 1.97. The lowest BCUT2D eigenvalue weighted by Gasteiger charge is -2.20. The molecule has 0 atom stereocenters. The molecular weight excluding hydrogens is 316 g/mol. The Kier molecular flexibility index (Phi) is 5.05. The van der Waals surface area contributed by atoms with Gasteiger partial charge in [0.1, 0.15) is 13.1 Å². The number of carboxylic acid groups (broad SMARTS) is 1. The highest BCUT2D eigenvalue weighted by atomic mass is 79.9. The second-order valence-electron chi connectivity index (χ2n) is 3.96. The largest absolute Gasteiger partial charge is 0.480 e. The van der Waals surface area contributed by atoms with Crippen LogP contribution in [0.4, 0.5) is 0 Å². The summed E-state index contributed by atoms with van der Waals surface area (Å²) in [5.41, 5.74) is 6.14. The molecule has 0 bridgehead atoms. The summed E-state index contributed by atoms with van der Waals surface area (Å²) in [6, 6.07) is 5.03. The number of carbonyl (C=O) groups excluding carboxylic acids is 2. The van der Waals surface area contributed by atoms with Crippen molar-refractivity contribution in [1.82, 2.24) is 4.90 Å². The number of halogens is 1. The molecule has 0 aliphatic heterocycles. The van der Waals surface area contributed by atoms with E-state index in [2.05, 4.69) is 15.9 Å². The molecule has 0 fully saturated rings. The minimum absolute atomic E-state index is 0.294. The molecule has 1 aromatic carbocycles. The number of nitrogens with zero attached hydrogens (tertiary/aromatic N) is 1. The molecule has 1 aromatic rings. The summed E-state index contributed by atoms with van der Waals surface area (Å²) >= 11 is 3.27. The van der Waals surface area contributed by atoms with Crippen molar-refractivity contribution in [2.75, 3.05) is 13.1 Å². The van der Waals surface area contributed by atoms with E-state index in [1.165, 1.54) is 0 Å². The first-order valence-electron chi connectivity index (χ1n) is 5.37. The van der Waals surface area contributed by atoms with Crippen LogP contribution < -0.4 is 5.73 Å². The number of hydrogen-bond acceptors (Lipinski definition) is 3. The molecule has 0 heterocycles. The van der Waals surface area contributed by atoms with Crippen molar-refractivity contribution in [2.45, 2.75) is 6.92 Å². The maximum atomic E-state index is 12.2. The summed E-state index contributed by atoms with van der Waals surface area (Å²) in [5, 5.41) is 8.76. The van der Waals surface area contributed by atoms with Crippen LogP contribution in [0.15, 0.2) is 22.7 Å². The molecule has 2 amide bonds. The zero-order chi connectivity index (χ0) is 14.6. The Morgan fingerprint density at radius 3 is 2.47 bits per heavy atom. The summed E-state index contributed by atoms with van der Waals surface area (Å²) < 4.78 is 0.569. The van der Waals surface area contributed by atoms with Gasteiger partial charge in [0.25, 0.3) is 5.91 Å². The van der Waals surface area contributed by atoms with Gasteiger partial charge in [-0.15, -0.1) is 0 Å². The van der Waals surface area contributed by atoms with Gasteiger partial charge in [-0.3, -0.25) is 14.4 Å². The molecule has 6 nitrogen and oxygen atoms in total. The third-order valence-corrected chi connectivity index (χ3v) is 3.43. The second-order valence-corrected chi connectivity index (χ2v) is 4.75. The molecule has 1 rings (SSSR count). The lowest BCUT2D eigenvalue weighted by atomic mass is 10.1. The third kappa shape index (κ3) is 4.06. The topological polar surface area (TPSA) is 101 Å². The van der Waals surface area contributed by atoms with Gasteiger partial charge in [0.15, 0.2) is 0 Å². The monoisotopic (exact) mass is 328 g/mol. The molecule has 0 saturated carbocycles. The highest BCUT2D eigenvalue weighted by molar-refractivity contribution is 9.10. The van der Waals surface area contributed by atoms with E-state index >= 15 is 0 Å². The van der Waals surface area contributed by atoms with Crippen LogP contribution in [0.25, 0.3) is 0 Å². The van der Waals surface area contributed by atoms with Crippen LogP contribution in [0.1, 0.15) is 15.9 Å². The van der Waals surface area contributed by atoms with Gasteiger partial charge in [0.05, 0.1) is 5.56 Å². The summed E-state index contributed by atoms with van der Waals surface area (Å²) in [6.07, 6.45) is 0. The van der Waals surface area contributed by atoms with Gasteiger partial charge in [-0.25, -0.2) is 0 Å². The van der Waals surface area contributed by atoms with Crippen LogP contribution in [0.2, 0.25) is 0 Å². The predicted octanol–water partition coefficient (Wildman–Crippen LogP) is 0.770. The number of hydrogen-bond donors (Lipinski definition) is 2. The van der Waals surface area contributed by atoms with Crippen LogP contribution >= 0.6 is 15.9 Å². The number of aryl methyl sites for hydroxylation is 1. The van der Waals surface area contributed by atoms with E-state index in [0.717, 1.165) is 10.5 Å². The number of rotatable bonds is 5. The summed E-state index contributed by atoms with van der Waals surface area (Å²) in [5.74, 6) is -2.53. The van der Waals surface area contributed by atoms with E-state index in [9.17, 15) is 14.4 Å². The average Bonchev–Trinajstić information content (AvgIpc) is 2.30. The van der Waals surface area contributed by atoms with E-state index in [-0.39, 0.29) is 0 Å². The second kappa shape index (κ2) is 6.33. The SMILES string of the molecule is Cc1cccc(C(=O)N(CC(N)=O)CC(=O)O)c1Br. The van der Waals surface area contributed by atoms with Crippen molar-refractivity contribution >= 4 is 33.7 Å². The third-order valence-electron chi connectivity index (χ3n) is 2.38. The number of amides is 2. The van der Waals surface area contributed by atoms with Crippen molar-refractivity contribution in [2.24, 2.45) is 5.73 Å². The van der Waals surface area contributed by atoms with Crippen LogP contribution in [-0.2, 0) is 9.59 Å². The van der Waals surface area contributed by atoms with E-state index in [4.69, 9.17) is 10.8 Å². The van der Waals surface area contributed by atoms with Crippen LogP contribution in [-0.4, -0.2) is 40.9 Å². The maximum Gasteiger partial charge on any atom is 0.323 e. The highest BCUT2D eigenvalue weighted by Crippen LogP contribution is 2.22. The van der Waals surface area contributed by atoms with E-state index in [0.29, 0.717) is 10.0 Å². The molecule has 0 aliphatic carbocycles. The molecule has 0 spiro atoms. The number of aliphatic carboxylic acids is 1. The van der Waals surface area contributed by atoms with Crippen LogP contribution in [0.3, 0.4) is 0 Å². The van der Waals surface area contributed by atoms with Crippen LogP contribution in [0, 0.1) is 6.92 Å². The number of primary amides is 1. The van der Waals surface area contributed by atoms with E-state index in [1.807, 2.05) is 0 Å². The molecule has 7 heteroatoms. The van der Waals surface area contributed by atoms with Gasteiger partial charge >= 0.3 is 5.97 Å². The van der Waals surface area contributed by atoms with Gasteiger partial charge < -0.3 is 15.7 Å². The zero-order valence-corrected chi connectivity index (χ0v) is 11.8. The Labute approximate surface area is 118 Å². The Morgan fingerprint density at radius 2 is 1.95 bits per heavy atom.